The second-order valence-corrected chi connectivity index (χ2v) is 15.1. The van der Waals surface area contributed by atoms with E-state index in [2.05, 4.69) is 50.0 Å². The van der Waals surface area contributed by atoms with Crippen LogP contribution >= 0.6 is 0 Å². The Morgan fingerprint density at radius 1 is 1.26 bits per heavy atom. The summed E-state index contributed by atoms with van der Waals surface area (Å²) in [6, 6.07) is 5.93. The summed E-state index contributed by atoms with van der Waals surface area (Å²) in [6.07, 6.45) is -0.207. The number of nitriles is 1. The van der Waals surface area contributed by atoms with Crippen molar-refractivity contribution >= 4 is 19.7 Å². The average molecular weight is 446 g/mol. The summed E-state index contributed by atoms with van der Waals surface area (Å²) in [6.45, 7) is 14.9. The Morgan fingerprint density at radius 3 is 2.61 bits per heavy atom. The van der Waals surface area contributed by atoms with E-state index in [0.717, 1.165) is 0 Å². The zero-order valence-corrected chi connectivity index (χ0v) is 20.2. The van der Waals surface area contributed by atoms with Crippen molar-refractivity contribution in [1.82, 2.24) is 14.6 Å². The maximum Gasteiger partial charge on any atom is 0.226 e. The van der Waals surface area contributed by atoms with Gasteiger partial charge in [0.2, 0.25) is 5.60 Å². The van der Waals surface area contributed by atoms with Gasteiger partial charge in [-0.05, 0) is 44.1 Å². The topological polar surface area (TPSA) is 117 Å². The molecule has 10 heteroatoms. The van der Waals surface area contributed by atoms with Crippen LogP contribution in [0.25, 0.3) is 5.52 Å². The number of aromatic nitrogens is 3. The molecular formula is C21H31N5O4Si. The lowest BCUT2D eigenvalue weighted by Crippen LogP contribution is -2.44. The van der Waals surface area contributed by atoms with Crippen LogP contribution in [0.4, 0.5) is 5.82 Å². The van der Waals surface area contributed by atoms with Gasteiger partial charge in [-0.15, -0.1) is 0 Å². The first-order valence-corrected chi connectivity index (χ1v) is 13.4. The standard InChI is InChI=1S/C21H31N5O4Si/c1-19(2,3)31(6,7)27-10-14-16-17(30-20(4,5)29-16)21(11-22,28-14)15-9-8-13-18(23)24-12-25-26(13)15/h8-9,12,14,16-17H,10H2,1-7H3,(H2,23,24,25)/t14-,16-,17-,21+/m1/s1. The van der Waals surface area contributed by atoms with Crippen molar-refractivity contribution in [3.63, 3.8) is 0 Å². The Kier molecular flexibility index (Phi) is 4.99. The van der Waals surface area contributed by atoms with Crippen molar-refractivity contribution in [1.29, 1.82) is 5.26 Å². The normalized spacial score (nSPS) is 30.5. The molecule has 2 fully saturated rings. The smallest absolute Gasteiger partial charge is 0.226 e. The molecular weight excluding hydrogens is 414 g/mol. The SMILES string of the molecule is CC1(C)O[C@H]2[C@@H](O1)[C@](C#N)(c1ccc3c(N)ncnn13)O[C@@H]2CO[Si](C)(C)C(C)(C)C. The molecule has 2 N–H and O–H groups in total. The van der Waals surface area contributed by atoms with Gasteiger partial charge >= 0.3 is 0 Å². The summed E-state index contributed by atoms with van der Waals surface area (Å²) in [5.74, 6) is -0.525. The number of nitrogens with zero attached hydrogens (tertiary/aromatic N) is 4. The third-order valence-electron chi connectivity index (χ3n) is 6.68. The molecule has 2 aromatic rings. The van der Waals surface area contributed by atoms with Gasteiger partial charge in [-0.25, -0.2) is 9.50 Å². The summed E-state index contributed by atoms with van der Waals surface area (Å²) in [7, 11) is -2.03. The summed E-state index contributed by atoms with van der Waals surface area (Å²) < 4.78 is 26.9. The van der Waals surface area contributed by atoms with Crippen LogP contribution in [0.3, 0.4) is 0 Å². The van der Waals surface area contributed by atoms with Crippen molar-refractivity contribution in [2.45, 2.75) is 82.5 Å². The highest BCUT2D eigenvalue weighted by Gasteiger charge is 2.65. The predicted molar refractivity (Wildman–Crippen MR) is 117 cm³/mol. The van der Waals surface area contributed by atoms with Crippen molar-refractivity contribution in [2.75, 3.05) is 12.3 Å². The third-order valence-corrected chi connectivity index (χ3v) is 11.2. The minimum absolute atomic E-state index is 0.0514. The molecule has 0 aromatic carbocycles. The average Bonchev–Trinajstić information content (AvgIpc) is 3.30. The molecule has 2 saturated heterocycles. The fourth-order valence-corrected chi connectivity index (χ4v) is 4.99. The maximum atomic E-state index is 10.4. The van der Waals surface area contributed by atoms with Crippen molar-refractivity contribution in [3.05, 3.63) is 24.2 Å². The fourth-order valence-electron chi connectivity index (χ4n) is 3.97. The third kappa shape index (κ3) is 3.45. The Labute approximate surface area is 183 Å². The molecule has 168 valence electrons. The first-order chi connectivity index (χ1) is 14.3. The molecule has 4 rings (SSSR count). The molecule has 0 aliphatic carbocycles. The zero-order chi connectivity index (χ0) is 22.8. The van der Waals surface area contributed by atoms with Gasteiger partial charge < -0.3 is 24.4 Å². The van der Waals surface area contributed by atoms with E-state index in [1.807, 2.05) is 13.8 Å². The van der Waals surface area contributed by atoms with Crippen LogP contribution in [0.15, 0.2) is 18.5 Å². The summed E-state index contributed by atoms with van der Waals surface area (Å²) >= 11 is 0. The fraction of sp³-hybridized carbons (Fsp3) is 0.667. The van der Waals surface area contributed by atoms with E-state index in [0.29, 0.717) is 23.6 Å². The molecule has 0 bridgehead atoms. The zero-order valence-electron chi connectivity index (χ0n) is 19.2. The molecule has 0 amide bonds. The largest absolute Gasteiger partial charge is 0.414 e. The number of nitrogens with two attached hydrogens (primary N) is 1. The molecule has 0 saturated carbocycles. The number of ether oxygens (including phenoxy) is 3. The van der Waals surface area contributed by atoms with Crippen LogP contribution in [0.1, 0.15) is 40.3 Å². The molecule has 9 nitrogen and oxygen atoms in total. The summed E-state index contributed by atoms with van der Waals surface area (Å²) in [4.78, 5) is 4.03. The van der Waals surface area contributed by atoms with Crippen LogP contribution in [0, 0.1) is 11.3 Å². The molecule has 2 aromatic heterocycles. The Balaban J connectivity index is 1.73. The van der Waals surface area contributed by atoms with Gasteiger partial charge in [-0.3, -0.25) is 0 Å². The quantitative estimate of drug-likeness (QED) is 0.714. The molecule has 4 atom stereocenters. The molecule has 4 heterocycles. The molecule has 31 heavy (non-hydrogen) atoms. The number of hydrogen-bond acceptors (Lipinski definition) is 8. The van der Waals surface area contributed by atoms with Crippen LogP contribution in [-0.4, -0.2) is 53.6 Å². The molecule has 2 aliphatic rings. The minimum atomic E-state index is -2.03. The van der Waals surface area contributed by atoms with Crippen molar-refractivity contribution in [2.24, 2.45) is 0 Å². The van der Waals surface area contributed by atoms with Crippen molar-refractivity contribution < 1.29 is 18.6 Å². The van der Waals surface area contributed by atoms with Gasteiger partial charge in [0.1, 0.15) is 36.2 Å². The maximum absolute atomic E-state index is 10.4. The van der Waals surface area contributed by atoms with Gasteiger partial charge in [0.05, 0.1) is 12.3 Å². The van der Waals surface area contributed by atoms with Gasteiger partial charge in [0.15, 0.2) is 19.9 Å². The van der Waals surface area contributed by atoms with Crippen LogP contribution < -0.4 is 5.73 Å². The second kappa shape index (κ2) is 6.98. The van der Waals surface area contributed by atoms with Gasteiger partial charge in [-0.1, -0.05) is 20.8 Å². The highest BCUT2D eigenvalue weighted by Crippen LogP contribution is 2.49. The number of anilines is 1. The molecule has 2 aliphatic heterocycles. The van der Waals surface area contributed by atoms with Crippen LogP contribution in [0.2, 0.25) is 18.1 Å². The summed E-state index contributed by atoms with van der Waals surface area (Å²) in [5, 5.41) is 14.7. The second-order valence-electron chi connectivity index (χ2n) is 10.3. The first kappa shape index (κ1) is 22.2. The molecule has 0 spiro atoms. The van der Waals surface area contributed by atoms with Crippen molar-refractivity contribution in [3.8, 4) is 6.07 Å². The monoisotopic (exact) mass is 445 g/mol. The Morgan fingerprint density at radius 2 is 1.97 bits per heavy atom. The molecule has 0 unspecified atom stereocenters. The summed E-state index contributed by atoms with van der Waals surface area (Å²) in [5.41, 5.74) is 5.71. The number of nitrogen functional groups attached to an aromatic ring is 1. The highest BCUT2D eigenvalue weighted by molar-refractivity contribution is 6.74. The van der Waals surface area contributed by atoms with Gasteiger partial charge in [-0.2, -0.15) is 10.4 Å². The van der Waals surface area contributed by atoms with E-state index in [1.54, 1.807) is 16.6 Å². The minimum Gasteiger partial charge on any atom is -0.414 e. The lowest BCUT2D eigenvalue weighted by atomic mass is 9.92. The van der Waals surface area contributed by atoms with E-state index in [-0.39, 0.29) is 5.04 Å². The van der Waals surface area contributed by atoms with E-state index in [4.69, 9.17) is 24.4 Å². The molecule has 0 radical (unpaired) electrons. The first-order valence-electron chi connectivity index (χ1n) is 10.5. The number of fused-ring (bicyclic) bond motifs is 2. The Bertz CT molecular complexity index is 1040. The predicted octanol–water partition coefficient (Wildman–Crippen LogP) is 2.97. The van der Waals surface area contributed by atoms with Crippen LogP contribution in [-0.2, 0) is 24.2 Å². The van der Waals surface area contributed by atoms with Crippen LogP contribution in [0.5, 0.6) is 0 Å². The lowest BCUT2D eigenvalue weighted by molar-refractivity contribution is -0.204. The van der Waals surface area contributed by atoms with E-state index < -0.39 is 38.0 Å². The van der Waals surface area contributed by atoms with Gasteiger partial charge in [0, 0.05) is 0 Å². The number of rotatable bonds is 4. The van der Waals surface area contributed by atoms with E-state index >= 15 is 0 Å². The van der Waals surface area contributed by atoms with E-state index in [1.165, 1.54) is 6.33 Å². The van der Waals surface area contributed by atoms with Gasteiger partial charge in [0.25, 0.3) is 0 Å². The highest BCUT2D eigenvalue weighted by atomic mass is 28.4. The lowest BCUT2D eigenvalue weighted by Gasteiger charge is -2.37. The Hall–Kier alpha value is -2.03. The number of hydrogen-bond donors (Lipinski definition) is 1. The van der Waals surface area contributed by atoms with E-state index in [9.17, 15) is 5.26 Å².